The lowest BCUT2D eigenvalue weighted by atomic mass is 9.75. The third kappa shape index (κ3) is 6.28. The fourth-order valence-corrected chi connectivity index (χ4v) is 6.27. The monoisotopic (exact) mass is 486 g/mol. The van der Waals surface area contributed by atoms with Gasteiger partial charge in [0.15, 0.2) is 17.3 Å². The number of rotatable bonds is 8. The molecule has 0 spiro atoms. The Morgan fingerprint density at radius 1 is 0.914 bits per heavy atom. The van der Waals surface area contributed by atoms with Crippen molar-refractivity contribution in [2.45, 2.75) is 98.6 Å². The molecule has 1 heterocycles. The molecule has 5 nitrogen and oxygen atoms in total. The fraction of sp³-hybridized carbons (Fsp3) is 0.733. The van der Waals surface area contributed by atoms with Crippen LogP contribution >= 0.6 is 0 Å². The van der Waals surface area contributed by atoms with Crippen LogP contribution in [-0.2, 0) is 14.2 Å². The molecule has 0 radical (unpaired) electrons. The molecule has 196 valence electrons. The van der Waals surface area contributed by atoms with E-state index in [2.05, 4.69) is 41.5 Å². The van der Waals surface area contributed by atoms with Gasteiger partial charge in [0.1, 0.15) is 19.0 Å². The largest absolute Gasteiger partial charge is 0.504 e. The van der Waals surface area contributed by atoms with Gasteiger partial charge in [0, 0.05) is 0 Å². The molecule has 1 aromatic rings. The zero-order chi connectivity index (χ0) is 25.1. The predicted octanol–water partition coefficient (Wildman–Crippen LogP) is 7.60. The Labute approximate surface area is 212 Å². The summed E-state index contributed by atoms with van der Waals surface area (Å²) in [6.45, 7) is 14.1. The molecule has 1 aliphatic heterocycles. The highest BCUT2D eigenvalue weighted by atomic mass is 16.7. The second-order valence-electron chi connectivity index (χ2n) is 12.0. The quantitative estimate of drug-likeness (QED) is 0.410. The predicted molar refractivity (Wildman–Crippen MR) is 138 cm³/mol. The van der Waals surface area contributed by atoms with E-state index in [-0.39, 0.29) is 18.0 Å². The summed E-state index contributed by atoms with van der Waals surface area (Å²) in [6, 6.07) is 5.59. The summed E-state index contributed by atoms with van der Waals surface area (Å²) in [5.74, 6) is 4.86. The number of phenolic OH excluding ortho intramolecular Hbond substituents is 1. The molecule has 2 fully saturated rings. The first-order chi connectivity index (χ1) is 16.7. The summed E-state index contributed by atoms with van der Waals surface area (Å²) >= 11 is 0. The second-order valence-corrected chi connectivity index (χ2v) is 12.0. The van der Waals surface area contributed by atoms with Crippen molar-refractivity contribution in [3.05, 3.63) is 35.8 Å². The zero-order valence-corrected chi connectivity index (χ0v) is 22.5. The third-order valence-electron chi connectivity index (χ3n) is 8.51. The summed E-state index contributed by atoms with van der Waals surface area (Å²) in [6.07, 6.45) is 8.33. The molecule has 7 unspecified atom stereocenters. The molecule has 3 aliphatic rings. The van der Waals surface area contributed by atoms with E-state index in [0.717, 1.165) is 12.8 Å². The van der Waals surface area contributed by atoms with E-state index in [4.69, 9.17) is 18.9 Å². The lowest BCUT2D eigenvalue weighted by molar-refractivity contribution is -0.0682. The Hall–Kier alpha value is -1.88. The molecule has 0 bridgehead atoms. The van der Waals surface area contributed by atoms with E-state index in [9.17, 15) is 5.11 Å². The molecule has 1 N–H and O–H groups in total. The van der Waals surface area contributed by atoms with Crippen molar-refractivity contribution in [2.75, 3.05) is 6.61 Å². The number of aromatic hydroxyl groups is 1. The Bertz CT molecular complexity index is 862. The van der Waals surface area contributed by atoms with Gasteiger partial charge in [-0.2, -0.15) is 0 Å². The standard InChI is InChI=1S/C30H46O5/c1-18(2)23-12-10-20(5)14-27(23)32-16-22-17-33-30(34-22)25-8-7-9-26(29(25)31)35-28-15-21(6)11-13-24(28)19(3)4/h7-9,17-21,23-24,27-28,30-31H,10-16H2,1-6H3. The van der Waals surface area contributed by atoms with Crippen molar-refractivity contribution in [3.63, 3.8) is 0 Å². The first-order valence-electron chi connectivity index (χ1n) is 13.8. The van der Waals surface area contributed by atoms with Crippen molar-refractivity contribution >= 4 is 0 Å². The maximum Gasteiger partial charge on any atom is 0.270 e. The molecular formula is C30H46O5. The summed E-state index contributed by atoms with van der Waals surface area (Å²) in [5, 5.41) is 11.1. The summed E-state index contributed by atoms with van der Waals surface area (Å²) < 4.78 is 24.6. The first-order valence-corrected chi connectivity index (χ1v) is 13.8. The van der Waals surface area contributed by atoms with Crippen LogP contribution in [0, 0.1) is 35.5 Å². The van der Waals surface area contributed by atoms with Gasteiger partial charge in [0.25, 0.3) is 6.29 Å². The highest BCUT2D eigenvalue weighted by Crippen LogP contribution is 2.43. The third-order valence-corrected chi connectivity index (χ3v) is 8.51. The van der Waals surface area contributed by atoms with Gasteiger partial charge < -0.3 is 24.1 Å². The normalized spacial score (nSPS) is 33.4. The SMILES string of the molecule is CC1CCC(C(C)C)C(OCC2=COC(c3cccc(OC4CC(C)CCC4C(C)C)c3O)O2)C1. The summed E-state index contributed by atoms with van der Waals surface area (Å²) in [5.41, 5.74) is 0.588. The topological polar surface area (TPSA) is 57.2 Å². The number of ether oxygens (including phenoxy) is 4. The van der Waals surface area contributed by atoms with Crippen LogP contribution in [0.5, 0.6) is 11.5 Å². The van der Waals surface area contributed by atoms with E-state index in [0.29, 0.717) is 59.2 Å². The van der Waals surface area contributed by atoms with E-state index < -0.39 is 6.29 Å². The van der Waals surface area contributed by atoms with Crippen LogP contribution in [0.3, 0.4) is 0 Å². The molecule has 0 amide bonds. The van der Waals surface area contributed by atoms with Gasteiger partial charge in [-0.3, -0.25) is 0 Å². The number of phenols is 1. The molecular weight excluding hydrogens is 440 g/mol. The highest BCUT2D eigenvalue weighted by Gasteiger charge is 2.35. The van der Waals surface area contributed by atoms with Crippen molar-refractivity contribution < 1.29 is 24.1 Å². The molecule has 5 heteroatoms. The van der Waals surface area contributed by atoms with Gasteiger partial charge in [-0.05, 0) is 73.3 Å². The average Bonchev–Trinajstić information content (AvgIpc) is 3.27. The number of benzene rings is 1. The van der Waals surface area contributed by atoms with Gasteiger partial charge in [0.2, 0.25) is 0 Å². The highest BCUT2D eigenvalue weighted by molar-refractivity contribution is 5.46. The minimum absolute atomic E-state index is 0.106. The summed E-state index contributed by atoms with van der Waals surface area (Å²) in [7, 11) is 0. The van der Waals surface area contributed by atoms with Crippen molar-refractivity contribution in [2.24, 2.45) is 35.5 Å². The molecule has 4 rings (SSSR count). The maximum absolute atomic E-state index is 11.1. The molecule has 2 aliphatic carbocycles. The Balaban J connectivity index is 1.37. The Morgan fingerprint density at radius 3 is 2.20 bits per heavy atom. The molecule has 7 atom stereocenters. The molecule has 0 aromatic heterocycles. The zero-order valence-electron chi connectivity index (χ0n) is 22.5. The van der Waals surface area contributed by atoms with Crippen LogP contribution in [-0.4, -0.2) is 23.9 Å². The van der Waals surface area contributed by atoms with Crippen molar-refractivity contribution in [3.8, 4) is 11.5 Å². The van der Waals surface area contributed by atoms with Crippen molar-refractivity contribution in [1.82, 2.24) is 0 Å². The minimum Gasteiger partial charge on any atom is -0.504 e. The number of para-hydroxylation sites is 1. The molecule has 1 aromatic carbocycles. The van der Waals surface area contributed by atoms with Crippen LogP contribution in [0.2, 0.25) is 0 Å². The van der Waals surface area contributed by atoms with Crippen LogP contribution in [0.15, 0.2) is 30.2 Å². The first kappa shape index (κ1) is 26.2. The average molecular weight is 487 g/mol. The lowest BCUT2D eigenvalue weighted by Crippen LogP contribution is -2.36. The fourth-order valence-electron chi connectivity index (χ4n) is 6.27. The van der Waals surface area contributed by atoms with Crippen LogP contribution < -0.4 is 4.74 Å². The Kier molecular flexibility index (Phi) is 8.57. The van der Waals surface area contributed by atoms with E-state index in [1.54, 1.807) is 6.26 Å². The van der Waals surface area contributed by atoms with Gasteiger partial charge in [-0.15, -0.1) is 0 Å². The summed E-state index contributed by atoms with van der Waals surface area (Å²) in [4.78, 5) is 0. The van der Waals surface area contributed by atoms with Crippen LogP contribution in [0.1, 0.15) is 91.9 Å². The van der Waals surface area contributed by atoms with Crippen LogP contribution in [0.25, 0.3) is 0 Å². The second kappa shape index (κ2) is 11.5. The van der Waals surface area contributed by atoms with Crippen LogP contribution in [0.4, 0.5) is 0 Å². The van der Waals surface area contributed by atoms with E-state index in [1.165, 1.54) is 25.7 Å². The Morgan fingerprint density at radius 2 is 1.54 bits per heavy atom. The van der Waals surface area contributed by atoms with Gasteiger partial charge >= 0.3 is 0 Å². The maximum atomic E-state index is 11.1. The molecule has 0 saturated heterocycles. The smallest absolute Gasteiger partial charge is 0.270 e. The van der Waals surface area contributed by atoms with Gasteiger partial charge in [-0.1, -0.05) is 60.5 Å². The van der Waals surface area contributed by atoms with Gasteiger partial charge in [-0.25, -0.2) is 0 Å². The minimum atomic E-state index is -0.686. The van der Waals surface area contributed by atoms with E-state index in [1.807, 2.05) is 18.2 Å². The lowest BCUT2D eigenvalue weighted by Gasteiger charge is -2.37. The van der Waals surface area contributed by atoms with Crippen molar-refractivity contribution in [1.29, 1.82) is 0 Å². The van der Waals surface area contributed by atoms with Gasteiger partial charge in [0.05, 0.1) is 11.7 Å². The molecule has 2 saturated carbocycles. The number of hydrogen-bond acceptors (Lipinski definition) is 5. The van der Waals surface area contributed by atoms with E-state index >= 15 is 0 Å². The molecule has 35 heavy (non-hydrogen) atoms. The number of hydrogen-bond donors (Lipinski definition) is 1.